The SMILES string of the molecule is COC(=O)c1c(C)oc2ccc(N(C(=O)c3cccc([N+](=O)[O-])c3)S(=O)(=O)c3ccc(NC(C)=O)cc3)cc12. The molecule has 4 rings (SSSR count). The van der Waals surface area contributed by atoms with E-state index in [1.54, 1.807) is 0 Å². The van der Waals surface area contributed by atoms with Gasteiger partial charge in [0.25, 0.3) is 21.6 Å². The summed E-state index contributed by atoms with van der Waals surface area (Å²) >= 11 is 0. The largest absolute Gasteiger partial charge is 0.465 e. The van der Waals surface area contributed by atoms with Crippen molar-refractivity contribution in [3.05, 3.63) is 93.7 Å². The molecule has 39 heavy (non-hydrogen) atoms. The fourth-order valence-corrected chi connectivity index (χ4v) is 5.35. The maximum atomic E-state index is 13.9. The third-order valence-electron chi connectivity index (χ3n) is 5.67. The molecular formula is C26H21N3O9S. The average molecular weight is 552 g/mol. The van der Waals surface area contributed by atoms with Gasteiger partial charge in [-0.1, -0.05) is 6.07 Å². The van der Waals surface area contributed by atoms with Crippen molar-refractivity contribution < 1.29 is 36.9 Å². The minimum Gasteiger partial charge on any atom is -0.465 e. The van der Waals surface area contributed by atoms with Crippen LogP contribution in [0.5, 0.6) is 0 Å². The molecule has 0 radical (unpaired) electrons. The first-order valence-corrected chi connectivity index (χ1v) is 12.7. The summed E-state index contributed by atoms with van der Waals surface area (Å²) in [6, 6.07) is 13.7. The van der Waals surface area contributed by atoms with Gasteiger partial charge in [0, 0.05) is 35.7 Å². The van der Waals surface area contributed by atoms with Crippen LogP contribution < -0.4 is 9.62 Å². The van der Waals surface area contributed by atoms with Crippen LogP contribution in [0.3, 0.4) is 0 Å². The van der Waals surface area contributed by atoms with Crippen molar-refractivity contribution >= 4 is 55.8 Å². The number of hydrogen-bond donors (Lipinski definition) is 1. The molecule has 1 N–H and O–H groups in total. The smallest absolute Gasteiger partial charge is 0.342 e. The van der Waals surface area contributed by atoms with E-state index in [1.807, 2.05) is 0 Å². The van der Waals surface area contributed by atoms with Crippen LogP contribution in [0.25, 0.3) is 11.0 Å². The van der Waals surface area contributed by atoms with Gasteiger partial charge >= 0.3 is 5.97 Å². The number of methoxy groups -OCH3 is 1. The molecule has 2 amide bonds. The first kappa shape index (κ1) is 27.0. The highest BCUT2D eigenvalue weighted by Gasteiger charge is 2.33. The number of carbonyl (C=O) groups is 3. The van der Waals surface area contributed by atoms with Gasteiger partial charge in [0.2, 0.25) is 5.91 Å². The fourth-order valence-electron chi connectivity index (χ4n) is 3.94. The Bertz CT molecular complexity index is 1740. The van der Waals surface area contributed by atoms with Crippen molar-refractivity contribution in [2.75, 3.05) is 16.7 Å². The van der Waals surface area contributed by atoms with Gasteiger partial charge in [-0.2, -0.15) is 4.31 Å². The molecule has 0 atom stereocenters. The van der Waals surface area contributed by atoms with Gasteiger partial charge in [-0.15, -0.1) is 0 Å². The van der Waals surface area contributed by atoms with E-state index in [-0.39, 0.29) is 44.3 Å². The van der Waals surface area contributed by atoms with E-state index in [0.717, 1.165) is 6.07 Å². The summed E-state index contributed by atoms with van der Waals surface area (Å²) in [6.45, 7) is 2.83. The summed E-state index contributed by atoms with van der Waals surface area (Å²) in [6.07, 6.45) is 0. The molecule has 200 valence electrons. The second-order valence-corrected chi connectivity index (χ2v) is 10.1. The van der Waals surface area contributed by atoms with Crippen LogP contribution in [0, 0.1) is 17.0 Å². The number of esters is 1. The maximum Gasteiger partial charge on any atom is 0.342 e. The number of nitrogens with zero attached hydrogens (tertiary/aromatic N) is 2. The van der Waals surface area contributed by atoms with E-state index in [1.165, 1.54) is 81.6 Å². The molecule has 1 heterocycles. The third-order valence-corrected chi connectivity index (χ3v) is 7.40. The molecule has 0 fully saturated rings. The highest BCUT2D eigenvalue weighted by molar-refractivity contribution is 7.93. The number of amides is 2. The number of benzene rings is 3. The van der Waals surface area contributed by atoms with Gasteiger partial charge in [-0.25, -0.2) is 13.2 Å². The van der Waals surface area contributed by atoms with E-state index in [9.17, 15) is 32.9 Å². The first-order valence-electron chi connectivity index (χ1n) is 11.3. The van der Waals surface area contributed by atoms with Crippen LogP contribution in [0.4, 0.5) is 17.1 Å². The summed E-state index contributed by atoms with van der Waals surface area (Å²) in [5, 5.41) is 14.0. The number of fused-ring (bicyclic) bond motifs is 1. The predicted molar refractivity (Wildman–Crippen MR) is 140 cm³/mol. The summed E-state index contributed by atoms with van der Waals surface area (Å²) in [7, 11) is -3.45. The molecular weight excluding hydrogens is 530 g/mol. The molecule has 0 unspecified atom stereocenters. The van der Waals surface area contributed by atoms with Crippen LogP contribution in [0.15, 0.2) is 76.0 Å². The lowest BCUT2D eigenvalue weighted by Gasteiger charge is -2.23. The van der Waals surface area contributed by atoms with Crippen LogP contribution >= 0.6 is 0 Å². The number of carbonyl (C=O) groups excluding carboxylic acids is 3. The summed E-state index contributed by atoms with van der Waals surface area (Å²) in [5.41, 5.74) is -0.205. The zero-order valence-electron chi connectivity index (χ0n) is 20.8. The topological polar surface area (TPSA) is 166 Å². The lowest BCUT2D eigenvalue weighted by atomic mass is 10.1. The highest BCUT2D eigenvalue weighted by atomic mass is 32.2. The molecule has 13 heteroatoms. The normalized spacial score (nSPS) is 11.2. The van der Waals surface area contributed by atoms with Gasteiger partial charge in [-0.05, 0) is 55.5 Å². The molecule has 0 aliphatic carbocycles. The average Bonchev–Trinajstić information content (AvgIpc) is 3.23. The van der Waals surface area contributed by atoms with Crippen molar-refractivity contribution in [1.29, 1.82) is 0 Å². The van der Waals surface area contributed by atoms with Crippen molar-refractivity contribution in [3.63, 3.8) is 0 Å². The number of ether oxygens (including phenoxy) is 1. The van der Waals surface area contributed by atoms with E-state index >= 15 is 0 Å². The maximum absolute atomic E-state index is 13.9. The minimum absolute atomic E-state index is 0.0501. The van der Waals surface area contributed by atoms with Crippen molar-refractivity contribution in [2.45, 2.75) is 18.7 Å². The van der Waals surface area contributed by atoms with Crippen molar-refractivity contribution in [2.24, 2.45) is 0 Å². The van der Waals surface area contributed by atoms with E-state index in [2.05, 4.69) is 5.32 Å². The highest BCUT2D eigenvalue weighted by Crippen LogP contribution is 2.34. The molecule has 0 bridgehead atoms. The summed E-state index contributed by atoms with van der Waals surface area (Å²) < 4.78 is 38.7. The Morgan fingerprint density at radius 1 is 1.03 bits per heavy atom. The van der Waals surface area contributed by atoms with Crippen LogP contribution in [0.1, 0.15) is 33.4 Å². The number of nitrogens with one attached hydrogen (secondary N) is 1. The van der Waals surface area contributed by atoms with Crippen molar-refractivity contribution in [1.82, 2.24) is 0 Å². The number of rotatable bonds is 7. The van der Waals surface area contributed by atoms with E-state index in [4.69, 9.17) is 9.15 Å². The molecule has 4 aromatic rings. The Balaban J connectivity index is 1.92. The van der Waals surface area contributed by atoms with Gasteiger partial charge < -0.3 is 14.5 Å². The Hall–Kier alpha value is -5.04. The molecule has 3 aromatic carbocycles. The standard InChI is InChI=1S/C26H21N3O9S/c1-15-24(26(32)37-3)22-14-19(9-12-23(22)38-15)28(25(31)17-5-4-6-20(13-17)29(33)34)39(35,36)21-10-7-18(8-11-21)27-16(2)30/h4-14H,1-3H3,(H,27,30). The molecule has 0 saturated heterocycles. The van der Waals surface area contributed by atoms with Gasteiger partial charge in [0.05, 0.1) is 22.6 Å². The zero-order chi connectivity index (χ0) is 28.5. The van der Waals surface area contributed by atoms with E-state index in [0.29, 0.717) is 9.99 Å². The van der Waals surface area contributed by atoms with Crippen LogP contribution in [0.2, 0.25) is 0 Å². The fraction of sp³-hybridized carbons (Fsp3) is 0.115. The van der Waals surface area contributed by atoms with Crippen molar-refractivity contribution in [3.8, 4) is 0 Å². The molecule has 0 spiro atoms. The van der Waals surface area contributed by atoms with Gasteiger partial charge in [0.15, 0.2) is 0 Å². The zero-order valence-corrected chi connectivity index (χ0v) is 21.6. The lowest BCUT2D eigenvalue weighted by molar-refractivity contribution is -0.384. The number of non-ortho nitro benzene ring substituents is 1. The Kier molecular flexibility index (Phi) is 7.19. The van der Waals surface area contributed by atoms with Crippen LogP contribution in [-0.4, -0.2) is 38.2 Å². The minimum atomic E-state index is -4.63. The molecule has 1 aromatic heterocycles. The molecule has 0 aliphatic rings. The number of furan rings is 1. The molecule has 12 nitrogen and oxygen atoms in total. The number of nitro groups is 1. The number of anilines is 2. The molecule has 0 saturated carbocycles. The predicted octanol–water partition coefficient (Wildman–Crippen LogP) is 4.43. The number of nitro benzene ring substituents is 1. The van der Waals surface area contributed by atoms with E-state index < -0.39 is 32.5 Å². The Labute approximate surface area is 222 Å². The number of hydrogen-bond acceptors (Lipinski definition) is 9. The monoisotopic (exact) mass is 551 g/mol. The van der Waals surface area contributed by atoms with Gasteiger partial charge in [-0.3, -0.25) is 19.7 Å². The Morgan fingerprint density at radius 2 is 1.72 bits per heavy atom. The van der Waals surface area contributed by atoms with Crippen LogP contribution in [-0.2, 0) is 19.6 Å². The number of sulfonamides is 1. The second-order valence-electron chi connectivity index (χ2n) is 8.29. The second kappa shape index (κ2) is 10.4. The quantitative estimate of drug-likeness (QED) is 0.199. The summed E-state index contributed by atoms with van der Waals surface area (Å²) in [5.74, 6) is -1.94. The van der Waals surface area contributed by atoms with Gasteiger partial charge in [0.1, 0.15) is 16.9 Å². The first-order chi connectivity index (χ1) is 18.4. The molecule has 0 aliphatic heterocycles. The number of aryl methyl sites for hydroxylation is 1. The third kappa shape index (κ3) is 5.20. The Morgan fingerprint density at radius 3 is 2.33 bits per heavy atom. The summed E-state index contributed by atoms with van der Waals surface area (Å²) in [4.78, 5) is 47.8. The lowest BCUT2D eigenvalue weighted by Crippen LogP contribution is -2.37.